The molecular weight excluding hydrogens is 238 g/mol. The summed E-state index contributed by atoms with van der Waals surface area (Å²) in [7, 11) is 0. The van der Waals surface area contributed by atoms with E-state index >= 15 is 0 Å². The van der Waals surface area contributed by atoms with Crippen molar-refractivity contribution in [2.75, 3.05) is 0 Å². The predicted octanol–water partition coefficient (Wildman–Crippen LogP) is 4.22. The van der Waals surface area contributed by atoms with Crippen molar-refractivity contribution in [3.8, 4) is 0 Å². The van der Waals surface area contributed by atoms with Crippen LogP contribution < -0.4 is 5.32 Å². The Labute approximate surface area is 114 Å². The second-order valence-electron chi connectivity index (χ2n) is 4.74. The number of rotatable bonds is 5. The van der Waals surface area contributed by atoms with Gasteiger partial charge in [0, 0.05) is 22.8 Å². The molecule has 1 aromatic heterocycles. The molecule has 2 heteroatoms. The van der Waals surface area contributed by atoms with Crippen LogP contribution in [0.5, 0.6) is 0 Å². The predicted molar refractivity (Wildman–Crippen MR) is 80.2 cm³/mol. The normalized spacial score (nSPS) is 10.8. The lowest BCUT2D eigenvalue weighted by Crippen LogP contribution is -2.11. The number of hydrogen-bond acceptors (Lipinski definition) is 2. The van der Waals surface area contributed by atoms with Crippen LogP contribution >= 0.6 is 11.3 Å². The molecular formula is C16H21NS. The summed E-state index contributed by atoms with van der Waals surface area (Å²) in [5.41, 5.74) is 4.11. The second kappa shape index (κ2) is 6.17. The van der Waals surface area contributed by atoms with Gasteiger partial charge in [-0.3, -0.25) is 0 Å². The Hall–Kier alpha value is -1.12. The molecule has 0 atom stereocenters. The fourth-order valence-corrected chi connectivity index (χ4v) is 2.88. The van der Waals surface area contributed by atoms with Crippen molar-refractivity contribution in [3.05, 3.63) is 56.8 Å². The summed E-state index contributed by atoms with van der Waals surface area (Å²) in [6.45, 7) is 8.45. The third-order valence-electron chi connectivity index (χ3n) is 3.27. The molecule has 0 saturated heterocycles. The van der Waals surface area contributed by atoms with Gasteiger partial charge in [0.05, 0.1) is 0 Å². The van der Waals surface area contributed by atoms with E-state index in [1.165, 1.54) is 26.4 Å². The van der Waals surface area contributed by atoms with E-state index in [9.17, 15) is 0 Å². The van der Waals surface area contributed by atoms with Crippen LogP contribution in [0.3, 0.4) is 0 Å². The van der Waals surface area contributed by atoms with Gasteiger partial charge in [0.25, 0.3) is 0 Å². The van der Waals surface area contributed by atoms with Gasteiger partial charge in [0.15, 0.2) is 0 Å². The molecule has 0 saturated carbocycles. The smallest absolute Gasteiger partial charge is 0.0303 e. The molecule has 0 aliphatic carbocycles. The summed E-state index contributed by atoms with van der Waals surface area (Å²) < 4.78 is 0. The molecule has 0 spiro atoms. The maximum Gasteiger partial charge on any atom is 0.0303 e. The first kappa shape index (κ1) is 13.3. The molecule has 0 radical (unpaired) electrons. The summed E-state index contributed by atoms with van der Waals surface area (Å²) in [4.78, 5) is 2.90. The third kappa shape index (κ3) is 3.44. The first-order valence-corrected chi connectivity index (χ1v) is 7.35. The van der Waals surface area contributed by atoms with E-state index < -0.39 is 0 Å². The van der Waals surface area contributed by atoms with Crippen LogP contribution in [0.1, 0.15) is 33.4 Å². The maximum absolute atomic E-state index is 3.51. The van der Waals surface area contributed by atoms with Gasteiger partial charge in [0.2, 0.25) is 0 Å². The molecule has 18 heavy (non-hydrogen) atoms. The number of aryl methyl sites for hydroxylation is 3. The highest BCUT2D eigenvalue weighted by Gasteiger charge is 1.99. The van der Waals surface area contributed by atoms with Crippen LogP contribution in [0.4, 0.5) is 0 Å². The van der Waals surface area contributed by atoms with Gasteiger partial charge < -0.3 is 5.32 Å². The standard InChI is InChI=1S/C16H21NS/c1-4-15-7-8-16(18-15)11-17-10-14-6-5-12(2)13(3)9-14/h5-9,17H,4,10-11H2,1-3H3. The Kier molecular flexibility index (Phi) is 4.56. The summed E-state index contributed by atoms with van der Waals surface area (Å²) in [5.74, 6) is 0. The number of thiophene rings is 1. The maximum atomic E-state index is 3.51. The van der Waals surface area contributed by atoms with E-state index in [1.807, 2.05) is 11.3 Å². The van der Waals surface area contributed by atoms with Gasteiger partial charge in [-0.15, -0.1) is 11.3 Å². The highest BCUT2D eigenvalue weighted by molar-refractivity contribution is 7.11. The molecule has 0 unspecified atom stereocenters. The topological polar surface area (TPSA) is 12.0 Å². The zero-order valence-electron chi connectivity index (χ0n) is 11.4. The Bertz CT molecular complexity index is 514. The van der Waals surface area contributed by atoms with Gasteiger partial charge >= 0.3 is 0 Å². The Balaban J connectivity index is 1.86. The van der Waals surface area contributed by atoms with E-state index in [-0.39, 0.29) is 0 Å². The number of nitrogens with one attached hydrogen (secondary N) is 1. The van der Waals surface area contributed by atoms with Gasteiger partial charge in [-0.25, -0.2) is 0 Å². The van der Waals surface area contributed by atoms with Crippen molar-refractivity contribution in [2.24, 2.45) is 0 Å². The zero-order valence-corrected chi connectivity index (χ0v) is 12.2. The van der Waals surface area contributed by atoms with Crippen LogP contribution in [0, 0.1) is 13.8 Å². The summed E-state index contributed by atoms with van der Waals surface area (Å²) in [6.07, 6.45) is 1.14. The highest BCUT2D eigenvalue weighted by atomic mass is 32.1. The quantitative estimate of drug-likeness (QED) is 0.848. The minimum atomic E-state index is 0.945. The fourth-order valence-electron chi connectivity index (χ4n) is 1.95. The monoisotopic (exact) mass is 259 g/mol. The number of benzene rings is 1. The van der Waals surface area contributed by atoms with Gasteiger partial charge in [-0.1, -0.05) is 25.1 Å². The van der Waals surface area contributed by atoms with Crippen LogP contribution in [0.2, 0.25) is 0 Å². The van der Waals surface area contributed by atoms with Crippen LogP contribution in [0.25, 0.3) is 0 Å². The number of hydrogen-bond donors (Lipinski definition) is 1. The van der Waals surface area contributed by atoms with E-state index in [4.69, 9.17) is 0 Å². The van der Waals surface area contributed by atoms with Crippen molar-refractivity contribution in [2.45, 2.75) is 40.3 Å². The summed E-state index contributed by atoms with van der Waals surface area (Å²) >= 11 is 1.91. The SMILES string of the molecule is CCc1ccc(CNCc2ccc(C)c(C)c2)s1. The second-order valence-corrected chi connectivity index (χ2v) is 6.00. The van der Waals surface area contributed by atoms with Gasteiger partial charge in [0.1, 0.15) is 0 Å². The van der Waals surface area contributed by atoms with Crippen LogP contribution in [0.15, 0.2) is 30.3 Å². The molecule has 2 rings (SSSR count). The summed E-state index contributed by atoms with van der Waals surface area (Å²) in [5, 5.41) is 3.51. The van der Waals surface area contributed by atoms with Crippen molar-refractivity contribution in [3.63, 3.8) is 0 Å². The Morgan fingerprint density at radius 1 is 0.944 bits per heavy atom. The highest BCUT2D eigenvalue weighted by Crippen LogP contribution is 2.17. The molecule has 1 aromatic carbocycles. The van der Waals surface area contributed by atoms with E-state index in [0.29, 0.717) is 0 Å². The van der Waals surface area contributed by atoms with E-state index in [0.717, 1.165) is 19.5 Å². The minimum absolute atomic E-state index is 0.945. The first-order chi connectivity index (χ1) is 8.69. The van der Waals surface area contributed by atoms with E-state index in [1.54, 1.807) is 0 Å². The average Bonchev–Trinajstić information content (AvgIpc) is 2.82. The van der Waals surface area contributed by atoms with Crippen LogP contribution in [-0.2, 0) is 19.5 Å². The first-order valence-electron chi connectivity index (χ1n) is 6.53. The van der Waals surface area contributed by atoms with Crippen molar-refractivity contribution < 1.29 is 0 Å². The molecule has 96 valence electrons. The Morgan fingerprint density at radius 3 is 2.39 bits per heavy atom. The minimum Gasteiger partial charge on any atom is -0.308 e. The van der Waals surface area contributed by atoms with Crippen molar-refractivity contribution in [1.82, 2.24) is 5.32 Å². The molecule has 0 bridgehead atoms. The fraction of sp³-hybridized carbons (Fsp3) is 0.375. The van der Waals surface area contributed by atoms with Gasteiger partial charge in [-0.2, -0.15) is 0 Å². The lowest BCUT2D eigenvalue weighted by atomic mass is 10.1. The third-order valence-corrected chi connectivity index (χ3v) is 4.49. The lowest BCUT2D eigenvalue weighted by molar-refractivity contribution is 0.700. The molecule has 0 fully saturated rings. The molecule has 2 aromatic rings. The Morgan fingerprint density at radius 2 is 1.72 bits per heavy atom. The lowest BCUT2D eigenvalue weighted by Gasteiger charge is -2.06. The van der Waals surface area contributed by atoms with Crippen molar-refractivity contribution >= 4 is 11.3 Å². The zero-order chi connectivity index (χ0) is 13.0. The molecule has 0 amide bonds. The molecule has 1 nitrogen and oxygen atoms in total. The van der Waals surface area contributed by atoms with Crippen molar-refractivity contribution in [1.29, 1.82) is 0 Å². The van der Waals surface area contributed by atoms with E-state index in [2.05, 4.69) is 56.4 Å². The molecule has 1 heterocycles. The summed E-state index contributed by atoms with van der Waals surface area (Å²) in [6, 6.07) is 11.1. The molecule has 0 aliphatic heterocycles. The average molecular weight is 259 g/mol. The largest absolute Gasteiger partial charge is 0.308 e. The van der Waals surface area contributed by atoms with Gasteiger partial charge in [-0.05, 0) is 49.1 Å². The van der Waals surface area contributed by atoms with Crippen LogP contribution in [-0.4, -0.2) is 0 Å². The molecule has 0 aliphatic rings. The molecule has 1 N–H and O–H groups in total.